The van der Waals surface area contributed by atoms with Crippen molar-refractivity contribution in [3.63, 3.8) is 0 Å². The van der Waals surface area contributed by atoms with Crippen LogP contribution in [0.25, 0.3) is 0 Å². The van der Waals surface area contributed by atoms with Crippen molar-refractivity contribution >= 4 is 15.9 Å². The predicted molar refractivity (Wildman–Crippen MR) is 62.6 cm³/mol. The summed E-state index contributed by atoms with van der Waals surface area (Å²) in [6, 6.07) is 3.92. The zero-order valence-electron chi connectivity index (χ0n) is 8.52. The van der Waals surface area contributed by atoms with Crippen LogP contribution in [0.1, 0.15) is 18.4 Å². The first kappa shape index (κ1) is 10.4. The van der Waals surface area contributed by atoms with Gasteiger partial charge in [-0.25, -0.2) is 4.98 Å². The standard InChI is InChI=1S/C11H12BrN3/c1-2-11-14-6-7-15(11)8-10-9(12)4-3-5-13-10/h3-7H,2,8H2,1H3. The van der Waals surface area contributed by atoms with Crippen LogP contribution in [-0.2, 0) is 13.0 Å². The molecule has 0 N–H and O–H groups in total. The van der Waals surface area contributed by atoms with Gasteiger partial charge >= 0.3 is 0 Å². The van der Waals surface area contributed by atoms with Gasteiger partial charge in [0, 0.05) is 29.5 Å². The minimum absolute atomic E-state index is 0.768. The van der Waals surface area contributed by atoms with Gasteiger partial charge < -0.3 is 4.57 Å². The van der Waals surface area contributed by atoms with E-state index in [1.54, 1.807) is 0 Å². The minimum atomic E-state index is 0.768. The van der Waals surface area contributed by atoms with Crippen LogP contribution in [0.4, 0.5) is 0 Å². The van der Waals surface area contributed by atoms with Crippen LogP contribution in [0.5, 0.6) is 0 Å². The number of halogens is 1. The number of hydrogen-bond acceptors (Lipinski definition) is 2. The molecule has 0 saturated heterocycles. The molecule has 78 valence electrons. The van der Waals surface area contributed by atoms with Crippen LogP contribution in [0.15, 0.2) is 35.2 Å². The summed E-state index contributed by atoms with van der Waals surface area (Å²) in [6.45, 7) is 2.87. The van der Waals surface area contributed by atoms with E-state index < -0.39 is 0 Å². The number of nitrogens with zero attached hydrogens (tertiary/aromatic N) is 3. The molecule has 0 spiro atoms. The zero-order valence-corrected chi connectivity index (χ0v) is 10.1. The summed E-state index contributed by atoms with van der Waals surface area (Å²) in [5.74, 6) is 1.09. The van der Waals surface area contributed by atoms with E-state index in [0.717, 1.165) is 29.0 Å². The molecule has 3 nitrogen and oxygen atoms in total. The molecule has 2 aromatic heterocycles. The Morgan fingerprint density at radius 1 is 1.33 bits per heavy atom. The lowest BCUT2D eigenvalue weighted by molar-refractivity contribution is 0.714. The first-order valence-corrected chi connectivity index (χ1v) is 5.70. The molecule has 0 fully saturated rings. The highest BCUT2D eigenvalue weighted by Crippen LogP contribution is 2.15. The molecule has 0 amide bonds. The Balaban J connectivity index is 2.26. The van der Waals surface area contributed by atoms with E-state index in [-0.39, 0.29) is 0 Å². The summed E-state index contributed by atoms with van der Waals surface area (Å²) < 4.78 is 3.16. The minimum Gasteiger partial charge on any atom is -0.329 e. The lowest BCUT2D eigenvalue weighted by atomic mass is 10.3. The molecule has 0 bridgehead atoms. The molecular weight excluding hydrogens is 254 g/mol. The van der Waals surface area contributed by atoms with Crippen LogP contribution in [0, 0.1) is 0 Å². The Morgan fingerprint density at radius 2 is 2.20 bits per heavy atom. The maximum absolute atomic E-state index is 4.33. The lowest BCUT2D eigenvalue weighted by Gasteiger charge is -2.06. The zero-order chi connectivity index (χ0) is 10.7. The molecule has 2 aromatic rings. The van der Waals surface area contributed by atoms with Crippen molar-refractivity contribution in [1.82, 2.24) is 14.5 Å². The lowest BCUT2D eigenvalue weighted by Crippen LogP contribution is -2.05. The highest BCUT2D eigenvalue weighted by molar-refractivity contribution is 9.10. The Hall–Kier alpha value is -1.16. The summed E-state index contributed by atoms with van der Waals surface area (Å²) in [4.78, 5) is 8.61. The third-order valence-electron chi connectivity index (χ3n) is 2.27. The Bertz CT molecular complexity index is 451. The largest absolute Gasteiger partial charge is 0.329 e. The highest BCUT2D eigenvalue weighted by atomic mass is 79.9. The van der Waals surface area contributed by atoms with Gasteiger partial charge in [-0.3, -0.25) is 4.98 Å². The van der Waals surface area contributed by atoms with E-state index in [2.05, 4.69) is 37.4 Å². The summed E-state index contributed by atoms with van der Waals surface area (Å²) in [5, 5.41) is 0. The fraction of sp³-hybridized carbons (Fsp3) is 0.273. The van der Waals surface area contributed by atoms with Crippen molar-refractivity contribution in [2.45, 2.75) is 19.9 Å². The quantitative estimate of drug-likeness (QED) is 0.855. The van der Waals surface area contributed by atoms with E-state index in [4.69, 9.17) is 0 Å². The van der Waals surface area contributed by atoms with Crippen LogP contribution < -0.4 is 0 Å². The van der Waals surface area contributed by atoms with Crippen LogP contribution in [-0.4, -0.2) is 14.5 Å². The first-order valence-electron chi connectivity index (χ1n) is 4.90. The Kier molecular flexibility index (Phi) is 3.16. The molecule has 0 unspecified atom stereocenters. The van der Waals surface area contributed by atoms with Crippen LogP contribution in [0.2, 0.25) is 0 Å². The third-order valence-corrected chi connectivity index (χ3v) is 2.99. The second-order valence-corrected chi connectivity index (χ2v) is 4.11. The molecule has 0 atom stereocenters. The second-order valence-electron chi connectivity index (χ2n) is 3.26. The van der Waals surface area contributed by atoms with Crippen molar-refractivity contribution in [3.8, 4) is 0 Å². The molecule has 2 heterocycles. The second kappa shape index (κ2) is 4.57. The number of imidazole rings is 1. The number of aromatic nitrogens is 3. The van der Waals surface area contributed by atoms with E-state index in [1.807, 2.05) is 30.7 Å². The maximum Gasteiger partial charge on any atom is 0.108 e. The summed E-state index contributed by atoms with van der Waals surface area (Å²) in [7, 11) is 0. The summed E-state index contributed by atoms with van der Waals surface area (Å²) in [5.41, 5.74) is 1.03. The van der Waals surface area contributed by atoms with Crippen molar-refractivity contribution in [3.05, 3.63) is 46.7 Å². The number of hydrogen-bond donors (Lipinski definition) is 0. The monoisotopic (exact) mass is 265 g/mol. The van der Waals surface area contributed by atoms with E-state index in [9.17, 15) is 0 Å². The molecule has 0 aromatic carbocycles. The Labute approximate surface area is 97.3 Å². The molecule has 0 saturated carbocycles. The highest BCUT2D eigenvalue weighted by Gasteiger charge is 2.04. The van der Waals surface area contributed by atoms with Crippen molar-refractivity contribution < 1.29 is 0 Å². The van der Waals surface area contributed by atoms with Gasteiger partial charge in [0.2, 0.25) is 0 Å². The summed E-state index contributed by atoms with van der Waals surface area (Å²) in [6.07, 6.45) is 6.57. The van der Waals surface area contributed by atoms with Crippen molar-refractivity contribution in [2.24, 2.45) is 0 Å². The molecule has 0 aliphatic heterocycles. The average Bonchev–Trinajstić information content (AvgIpc) is 2.69. The van der Waals surface area contributed by atoms with Gasteiger partial charge in [0.15, 0.2) is 0 Å². The van der Waals surface area contributed by atoms with E-state index in [0.29, 0.717) is 0 Å². The molecule has 15 heavy (non-hydrogen) atoms. The van der Waals surface area contributed by atoms with Crippen molar-refractivity contribution in [2.75, 3.05) is 0 Å². The van der Waals surface area contributed by atoms with Gasteiger partial charge in [-0.1, -0.05) is 6.92 Å². The van der Waals surface area contributed by atoms with Gasteiger partial charge in [-0.2, -0.15) is 0 Å². The predicted octanol–water partition coefficient (Wildman–Crippen LogP) is 2.65. The topological polar surface area (TPSA) is 30.7 Å². The van der Waals surface area contributed by atoms with Gasteiger partial charge in [-0.05, 0) is 28.1 Å². The summed E-state index contributed by atoms with van der Waals surface area (Å²) >= 11 is 3.49. The van der Waals surface area contributed by atoms with Gasteiger partial charge in [0.25, 0.3) is 0 Å². The molecule has 2 rings (SSSR count). The average molecular weight is 266 g/mol. The SMILES string of the molecule is CCc1nccn1Cc1ncccc1Br. The molecule has 0 aliphatic carbocycles. The van der Waals surface area contributed by atoms with Gasteiger partial charge in [-0.15, -0.1) is 0 Å². The Morgan fingerprint density at radius 3 is 2.93 bits per heavy atom. The number of pyridine rings is 1. The molecular formula is C11H12BrN3. The van der Waals surface area contributed by atoms with Gasteiger partial charge in [0.05, 0.1) is 12.2 Å². The van der Waals surface area contributed by atoms with Crippen LogP contribution >= 0.6 is 15.9 Å². The first-order chi connectivity index (χ1) is 7.31. The third kappa shape index (κ3) is 2.26. The fourth-order valence-corrected chi connectivity index (χ4v) is 1.87. The fourth-order valence-electron chi connectivity index (χ4n) is 1.49. The van der Waals surface area contributed by atoms with Gasteiger partial charge in [0.1, 0.15) is 5.82 Å². The maximum atomic E-state index is 4.33. The molecule has 4 heteroatoms. The molecule has 0 radical (unpaired) electrons. The van der Waals surface area contributed by atoms with Crippen LogP contribution in [0.3, 0.4) is 0 Å². The van der Waals surface area contributed by atoms with E-state index >= 15 is 0 Å². The number of aryl methyl sites for hydroxylation is 1. The number of rotatable bonds is 3. The van der Waals surface area contributed by atoms with Crippen molar-refractivity contribution in [1.29, 1.82) is 0 Å². The smallest absolute Gasteiger partial charge is 0.108 e. The van der Waals surface area contributed by atoms with E-state index in [1.165, 1.54) is 0 Å². The molecule has 0 aliphatic rings. The normalized spacial score (nSPS) is 10.5.